The van der Waals surface area contributed by atoms with Crippen LogP contribution in [0, 0.1) is 6.92 Å². The van der Waals surface area contributed by atoms with E-state index in [-0.39, 0.29) is 22.2 Å². The standard InChI is InChI=1S/C23H17NO5S/c1-16-7-11-18(12-8-16)22-24-21(23(25)28-22)15-17-9-13-19(14-10-17)29-30(26,27)20-5-3-2-4-6-20/h2-15H,1H3/b21-15-. The minimum Gasteiger partial charge on any atom is -0.402 e. The van der Waals surface area contributed by atoms with E-state index in [0.717, 1.165) is 5.56 Å². The molecule has 0 aromatic heterocycles. The molecule has 0 fully saturated rings. The molecule has 0 unspecified atom stereocenters. The van der Waals surface area contributed by atoms with Crippen molar-refractivity contribution >= 4 is 28.1 Å². The average molecular weight is 419 g/mol. The third kappa shape index (κ3) is 4.31. The number of esters is 1. The lowest BCUT2D eigenvalue weighted by molar-refractivity contribution is -0.129. The van der Waals surface area contributed by atoms with Crippen molar-refractivity contribution in [2.45, 2.75) is 11.8 Å². The molecule has 1 aliphatic rings. The number of aliphatic imine (C=N–C) groups is 1. The summed E-state index contributed by atoms with van der Waals surface area (Å²) in [6.45, 7) is 1.97. The average Bonchev–Trinajstić information content (AvgIpc) is 3.11. The molecule has 3 aromatic carbocycles. The number of cyclic esters (lactones) is 1. The molecule has 0 bridgehead atoms. The largest absolute Gasteiger partial charge is 0.402 e. The first kappa shape index (κ1) is 19.6. The maximum Gasteiger partial charge on any atom is 0.363 e. The predicted molar refractivity (Wildman–Crippen MR) is 112 cm³/mol. The summed E-state index contributed by atoms with van der Waals surface area (Å²) in [7, 11) is -3.91. The van der Waals surface area contributed by atoms with E-state index in [1.54, 1.807) is 36.4 Å². The van der Waals surface area contributed by atoms with Gasteiger partial charge < -0.3 is 8.92 Å². The van der Waals surface area contributed by atoms with Gasteiger partial charge in [-0.2, -0.15) is 8.42 Å². The van der Waals surface area contributed by atoms with Crippen LogP contribution in [-0.2, 0) is 19.6 Å². The Kier molecular flexibility index (Phi) is 5.20. The predicted octanol–water partition coefficient (Wildman–Crippen LogP) is 4.11. The third-order valence-electron chi connectivity index (χ3n) is 4.34. The summed E-state index contributed by atoms with van der Waals surface area (Å²) in [4.78, 5) is 16.5. The number of rotatable bonds is 5. The van der Waals surface area contributed by atoms with Gasteiger partial charge in [0.05, 0.1) is 0 Å². The zero-order chi connectivity index (χ0) is 21.1. The third-order valence-corrected chi connectivity index (χ3v) is 5.60. The van der Waals surface area contributed by atoms with Gasteiger partial charge in [-0.15, -0.1) is 0 Å². The van der Waals surface area contributed by atoms with Gasteiger partial charge in [0.1, 0.15) is 10.6 Å². The van der Waals surface area contributed by atoms with Crippen molar-refractivity contribution in [3.63, 3.8) is 0 Å². The maximum absolute atomic E-state index is 12.3. The number of carbonyl (C=O) groups excluding carboxylic acids is 1. The molecule has 0 amide bonds. The molecule has 7 heteroatoms. The molecule has 6 nitrogen and oxygen atoms in total. The fourth-order valence-corrected chi connectivity index (χ4v) is 3.72. The van der Waals surface area contributed by atoms with Gasteiger partial charge in [0, 0.05) is 5.56 Å². The Morgan fingerprint density at radius 1 is 0.900 bits per heavy atom. The molecule has 0 atom stereocenters. The number of hydrogen-bond acceptors (Lipinski definition) is 6. The van der Waals surface area contributed by atoms with Crippen molar-refractivity contribution in [2.24, 2.45) is 4.99 Å². The zero-order valence-corrected chi connectivity index (χ0v) is 16.8. The molecule has 0 N–H and O–H groups in total. The van der Waals surface area contributed by atoms with Crippen LogP contribution in [0.5, 0.6) is 5.75 Å². The number of carbonyl (C=O) groups is 1. The summed E-state index contributed by atoms with van der Waals surface area (Å²) < 4.78 is 35.0. The monoisotopic (exact) mass is 419 g/mol. The number of nitrogens with zero attached hydrogens (tertiary/aromatic N) is 1. The highest BCUT2D eigenvalue weighted by atomic mass is 32.2. The molecule has 1 heterocycles. The highest BCUT2D eigenvalue weighted by molar-refractivity contribution is 7.87. The van der Waals surface area contributed by atoms with Gasteiger partial charge in [0.2, 0.25) is 5.90 Å². The molecular weight excluding hydrogens is 402 g/mol. The lowest BCUT2D eigenvalue weighted by atomic mass is 10.1. The Bertz CT molecular complexity index is 1240. The Hall–Kier alpha value is -3.71. The van der Waals surface area contributed by atoms with Crippen LogP contribution in [-0.4, -0.2) is 20.3 Å². The molecule has 1 aliphatic heterocycles. The van der Waals surface area contributed by atoms with Crippen molar-refractivity contribution in [2.75, 3.05) is 0 Å². The summed E-state index contributed by atoms with van der Waals surface area (Å²) in [6.07, 6.45) is 1.57. The van der Waals surface area contributed by atoms with E-state index < -0.39 is 16.1 Å². The van der Waals surface area contributed by atoms with Gasteiger partial charge in [-0.25, -0.2) is 9.79 Å². The second kappa shape index (κ2) is 7.96. The summed E-state index contributed by atoms with van der Waals surface area (Å²) in [5.41, 5.74) is 2.62. The van der Waals surface area contributed by atoms with Crippen LogP contribution in [0.3, 0.4) is 0 Å². The van der Waals surface area contributed by atoms with Crippen LogP contribution < -0.4 is 4.18 Å². The number of aryl methyl sites for hydroxylation is 1. The number of ether oxygens (including phenoxy) is 1. The lowest BCUT2D eigenvalue weighted by Gasteiger charge is -2.07. The first-order chi connectivity index (χ1) is 14.4. The van der Waals surface area contributed by atoms with E-state index in [2.05, 4.69) is 4.99 Å². The first-order valence-electron chi connectivity index (χ1n) is 9.10. The van der Waals surface area contributed by atoms with Crippen molar-refractivity contribution in [1.82, 2.24) is 0 Å². The molecule has 0 saturated carbocycles. The molecule has 0 radical (unpaired) electrons. The summed E-state index contributed by atoms with van der Waals surface area (Å²) in [5.74, 6) is -0.128. The molecule has 3 aromatic rings. The van der Waals surface area contributed by atoms with Gasteiger partial charge in [-0.1, -0.05) is 48.0 Å². The van der Waals surface area contributed by atoms with E-state index in [1.807, 2.05) is 31.2 Å². The smallest absolute Gasteiger partial charge is 0.363 e. The normalized spacial score (nSPS) is 15.0. The van der Waals surface area contributed by atoms with Crippen molar-refractivity contribution in [3.8, 4) is 5.75 Å². The molecule has 30 heavy (non-hydrogen) atoms. The molecule has 150 valence electrons. The van der Waals surface area contributed by atoms with Crippen LogP contribution in [0.1, 0.15) is 16.7 Å². The lowest BCUT2D eigenvalue weighted by Crippen LogP contribution is -2.09. The molecule has 4 rings (SSSR count). The van der Waals surface area contributed by atoms with Crippen LogP contribution in [0.15, 0.2) is 94.4 Å². The highest BCUT2D eigenvalue weighted by Gasteiger charge is 2.24. The highest BCUT2D eigenvalue weighted by Crippen LogP contribution is 2.22. The van der Waals surface area contributed by atoms with Crippen molar-refractivity contribution in [1.29, 1.82) is 0 Å². The second-order valence-corrected chi connectivity index (χ2v) is 8.17. The fraction of sp³-hybridized carbons (Fsp3) is 0.0435. The van der Waals surface area contributed by atoms with Crippen LogP contribution in [0.4, 0.5) is 0 Å². The van der Waals surface area contributed by atoms with E-state index in [9.17, 15) is 13.2 Å². The van der Waals surface area contributed by atoms with E-state index in [4.69, 9.17) is 8.92 Å². The minimum atomic E-state index is -3.91. The van der Waals surface area contributed by atoms with E-state index >= 15 is 0 Å². The Morgan fingerprint density at radius 3 is 2.23 bits per heavy atom. The SMILES string of the molecule is Cc1ccc(C2=N/C(=C\c3ccc(OS(=O)(=O)c4ccccc4)cc3)C(=O)O2)cc1. The van der Waals surface area contributed by atoms with E-state index in [0.29, 0.717) is 11.1 Å². The molecule has 0 aliphatic carbocycles. The van der Waals surface area contributed by atoms with Gasteiger partial charge in [-0.05, 0) is 55.0 Å². The quantitative estimate of drug-likeness (QED) is 0.353. The molecular formula is C23H17NO5S. The zero-order valence-electron chi connectivity index (χ0n) is 16.0. The Labute approximate surface area is 174 Å². The Morgan fingerprint density at radius 2 is 1.57 bits per heavy atom. The second-order valence-electron chi connectivity index (χ2n) is 6.62. The van der Waals surface area contributed by atoms with Crippen molar-refractivity contribution in [3.05, 3.63) is 101 Å². The van der Waals surface area contributed by atoms with Gasteiger partial charge in [-0.3, -0.25) is 0 Å². The van der Waals surface area contributed by atoms with Gasteiger partial charge in [0.15, 0.2) is 5.70 Å². The molecule has 0 spiro atoms. The van der Waals surface area contributed by atoms with Crippen molar-refractivity contribution < 1.29 is 22.1 Å². The Balaban J connectivity index is 1.52. The fourth-order valence-electron chi connectivity index (χ4n) is 2.77. The van der Waals surface area contributed by atoms with Gasteiger partial charge >= 0.3 is 16.1 Å². The maximum atomic E-state index is 12.3. The van der Waals surface area contributed by atoms with Crippen LogP contribution >= 0.6 is 0 Å². The van der Waals surface area contributed by atoms with Crippen LogP contribution in [0.25, 0.3) is 6.08 Å². The summed E-state index contributed by atoms with van der Waals surface area (Å²) >= 11 is 0. The van der Waals surface area contributed by atoms with E-state index in [1.165, 1.54) is 24.3 Å². The topological polar surface area (TPSA) is 82.0 Å². The van der Waals surface area contributed by atoms with Gasteiger partial charge in [0.25, 0.3) is 0 Å². The van der Waals surface area contributed by atoms with Crippen LogP contribution in [0.2, 0.25) is 0 Å². The number of hydrogen-bond donors (Lipinski definition) is 0. The number of benzene rings is 3. The molecule has 0 saturated heterocycles. The summed E-state index contributed by atoms with van der Waals surface area (Å²) in [6, 6.07) is 21.7. The first-order valence-corrected chi connectivity index (χ1v) is 10.5. The summed E-state index contributed by atoms with van der Waals surface area (Å²) in [5, 5.41) is 0. The minimum absolute atomic E-state index is 0.0721.